The van der Waals surface area contributed by atoms with Crippen LogP contribution in [0, 0.1) is 6.92 Å². The molecule has 0 unspecified atom stereocenters. The first-order valence-corrected chi connectivity index (χ1v) is 8.65. The number of pyridine rings is 1. The lowest BCUT2D eigenvalue weighted by molar-refractivity contribution is 0.0792. The molecule has 0 N–H and O–H groups in total. The van der Waals surface area contributed by atoms with Crippen LogP contribution in [-0.2, 0) is 6.42 Å². The van der Waals surface area contributed by atoms with Crippen LogP contribution in [0.1, 0.15) is 21.2 Å². The van der Waals surface area contributed by atoms with Crippen LogP contribution in [0.25, 0.3) is 10.4 Å². The Morgan fingerprint density at radius 3 is 2.58 bits per heavy atom. The van der Waals surface area contributed by atoms with Crippen molar-refractivity contribution in [2.75, 3.05) is 13.6 Å². The summed E-state index contributed by atoms with van der Waals surface area (Å²) in [6.45, 7) is 2.54. The Bertz CT molecular complexity index is 815. The predicted octanol–water partition coefficient (Wildman–Crippen LogP) is 3.83. The van der Waals surface area contributed by atoms with Crippen molar-refractivity contribution in [3.05, 3.63) is 71.1 Å². The monoisotopic (exact) mass is 337 g/mol. The van der Waals surface area contributed by atoms with Gasteiger partial charge in [0, 0.05) is 31.9 Å². The highest BCUT2D eigenvalue weighted by Gasteiger charge is 2.21. The molecule has 0 radical (unpaired) electrons. The Morgan fingerprint density at radius 2 is 1.88 bits per heavy atom. The van der Waals surface area contributed by atoms with Crippen molar-refractivity contribution < 1.29 is 4.79 Å². The van der Waals surface area contributed by atoms with E-state index in [1.165, 1.54) is 0 Å². The number of carbonyl (C=O) groups excluding carboxylic acids is 1. The lowest BCUT2D eigenvalue weighted by atomic mass is 10.1. The van der Waals surface area contributed by atoms with Gasteiger partial charge >= 0.3 is 0 Å². The normalized spacial score (nSPS) is 10.6. The van der Waals surface area contributed by atoms with Crippen molar-refractivity contribution in [3.8, 4) is 10.4 Å². The fourth-order valence-corrected chi connectivity index (χ4v) is 3.38. The number of hydrogen-bond donors (Lipinski definition) is 0. The molecule has 4 nitrogen and oxygen atoms in total. The van der Waals surface area contributed by atoms with Gasteiger partial charge in [-0.3, -0.25) is 9.78 Å². The van der Waals surface area contributed by atoms with Crippen LogP contribution in [-0.4, -0.2) is 34.4 Å². The quantitative estimate of drug-likeness (QED) is 0.711. The number of thiazole rings is 1. The lowest BCUT2D eigenvalue weighted by Crippen LogP contribution is -2.29. The molecule has 0 aliphatic carbocycles. The second kappa shape index (κ2) is 7.36. The number of carbonyl (C=O) groups is 1. The van der Waals surface area contributed by atoms with Gasteiger partial charge in [-0.1, -0.05) is 36.4 Å². The van der Waals surface area contributed by atoms with Crippen LogP contribution >= 0.6 is 11.3 Å². The fourth-order valence-electron chi connectivity index (χ4n) is 2.47. The number of aromatic nitrogens is 2. The molecular formula is C19H19N3OS. The summed E-state index contributed by atoms with van der Waals surface area (Å²) in [4.78, 5) is 24.2. The minimum absolute atomic E-state index is 0.0471. The summed E-state index contributed by atoms with van der Waals surface area (Å²) in [5, 5.41) is 0.898. The van der Waals surface area contributed by atoms with E-state index >= 15 is 0 Å². The first-order valence-electron chi connectivity index (χ1n) is 7.83. The Kier molecular flexibility index (Phi) is 5.01. The van der Waals surface area contributed by atoms with Crippen LogP contribution in [0.2, 0.25) is 0 Å². The molecule has 2 aromatic heterocycles. The van der Waals surface area contributed by atoms with Crippen LogP contribution in [0.15, 0.2) is 54.7 Å². The minimum Gasteiger partial charge on any atom is -0.340 e. The molecule has 1 amide bonds. The third-order valence-electron chi connectivity index (χ3n) is 3.75. The summed E-state index contributed by atoms with van der Waals surface area (Å²) in [5.74, 6) is -0.0471. The Morgan fingerprint density at radius 1 is 1.12 bits per heavy atom. The lowest BCUT2D eigenvalue weighted by Gasteiger charge is -2.16. The van der Waals surface area contributed by atoms with Crippen molar-refractivity contribution in [1.29, 1.82) is 0 Å². The van der Waals surface area contributed by atoms with Crippen LogP contribution in [0.3, 0.4) is 0 Å². The second-order valence-corrected chi connectivity index (χ2v) is 6.78. The molecule has 0 atom stereocenters. The van der Waals surface area contributed by atoms with Gasteiger partial charge in [0.2, 0.25) is 0 Å². The highest BCUT2D eigenvalue weighted by Crippen LogP contribution is 2.30. The molecule has 0 bridgehead atoms. The topological polar surface area (TPSA) is 46.1 Å². The molecular weight excluding hydrogens is 318 g/mol. The summed E-state index contributed by atoms with van der Waals surface area (Å²) < 4.78 is 0. The van der Waals surface area contributed by atoms with E-state index in [2.05, 4.69) is 9.97 Å². The molecule has 122 valence electrons. The summed E-state index contributed by atoms with van der Waals surface area (Å²) in [6, 6.07) is 15.8. The van der Waals surface area contributed by atoms with E-state index in [-0.39, 0.29) is 5.91 Å². The molecule has 0 spiro atoms. The third kappa shape index (κ3) is 3.68. The van der Waals surface area contributed by atoms with Gasteiger partial charge in [0.15, 0.2) is 0 Å². The molecule has 0 aliphatic heterocycles. The molecule has 0 saturated heterocycles. The molecule has 2 heterocycles. The van der Waals surface area contributed by atoms with Gasteiger partial charge in [-0.25, -0.2) is 4.98 Å². The predicted molar refractivity (Wildman–Crippen MR) is 97.2 cm³/mol. The van der Waals surface area contributed by atoms with Gasteiger partial charge in [-0.2, -0.15) is 0 Å². The molecule has 5 heteroatoms. The van der Waals surface area contributed by atoms with Crippen molar-refractivity contribution in [3.63, 3.8) is 0 Å². The van der Waals surface area contributed by atoms with Gasteiger partial charge in [0.25, 0.3) is 5.91 Å². The average Bonchev–Trinajstić information content (AvgIpc) is 3.02. The van der Waals surface area contributed by atoms with E-state index < -0.39 is 0 Å². The van der Waals surface area contributed by atoms with Crippen molar-refractivity contribution in [1.82, 2.24) is 14.9 Å². The summed E-state index contributed by atoms with van der Waals surface area (Å²) >= 11 is 1.56. The minimum atomic E-state index is -0.0471. The number of aryl methyl sites for hydroxylation is 1. The summed E-state index contributed by atoms with van der Waals surface area (Å²) in [6.07, 6.45) is 2.50. The molecule has 24 heavy (non-hydrogen) atoms. The highest BCUT2D eigenvalue weighted by atomic mass is 32.1. The van der Waals surface area contributed by atoms with Crippen molar-refractivity contribution >= 4 is 17.2 Å². The smallest absolute Gasteiger partial charge is 0.273 e. The van der Waals surface area contributed by atoms with E-state index in [0.717, 1.165) is 27.6 Å². The number of nitrogens with zero attached hydrogens (tertiary/aromatic N) is 3. The summed E-state index contributed by atoms with van der Waals surface area (Å²) in [5.41, 5.74) is 2.55. The maximum atomic E-state index is 12.8. The fraction of sp³-hybridized carbons (Fsp3) is 0.211. The zero-order valence-electron chi connectivity index (χ0n) is 13.8. The van der Waals surface area contributed by atoms with Gasteiger partial charge in [-0.05, 0) is 24.6 Å². The Balaban J connectivity index is 1.77. The number of benzene rings is 1. The SMILES string of the molecule is Cc1nc(C(=O)N(C)CCc2ccccn2)c(-c2ccccc2)s1. The van der Waals surface area contributed by atoms with Crippen molar-refractivity contribution in [2.45, 2.75) is 13.3 Å². The zero-order chi connectivity index (χ0) is 16.9. The first-order chi connectivity index (χ1) is 11.6. The van der Waals surface area contributed by atoms with Gasteiger partial charge in [0.1, 0.15) is 5.69 Å². The van der Waals surface area contributed by atoms with E-state index in [4.69, 9.17) is 0 Å². The van der Waals surface area contributed by atoms with Crippen LogP contribution in [0.5, 0.6) is 0 Å². The van der Waals surface area contributed by atoms with E-state index in [9.17, 15) is 4.79 Å². The van der Waals surface area contributed by atoms with Crippen LogP contribution in [0.4, 0.5) is 0 Å². The summed E-state index contributed by atoms with van der Waals surface area (Å²) in [7, 11) is 1.81. The first kappa shape index (κ1) is 16.3. The standard InChI is InChI=1S/C19H19N3OS/c1-14-21-17(18(24-14)15-8-4-3-5-9-15)19(23)22(2)13-11-16-10-6-7-12-20-16/h3-10,12H,11,13H2,1-2H3. The second-order valence-electron chi connectivity index (χ2n) is 5.57. The number of amides is 1. The maximum Gasteiger partial charge on any atom is 0.273 e. The average molecular weight is 337 g/mol. The van der Waals surface area contributed by atoms with E-state index in [1.54, 1.807) is 22.4 Å². The molecule has 3 rings (SSSR count). The van der Waals surface area contributed by atoms with Gasteiger partial charge in [0.05, 0.1) is 9.88 Å². The maximum absolute atomic E-state index is 12.8. The number of likely N-dealkylation sites (N-methyl/N-ethyl adjacent to an activating group) is 1. The number of hydrogen-bond acceptors (Lipinski definition) is 4. The van der Waals surface area contributed by atoms with Gasteiger partial charge in [-0.15, -0.1) is 11.3 Å². The van der Waals surface area contributed by atoms with E-state index in [1.807, 2.05) is 62.5 Å². The molecule has 1 aromatic carbocycles. The van der Waals surface area contributed by atoms with Crippen molar-refractivity contribution in [2.24, 2.45) is 0 Å². The van der Waals surface area contributed by atoms with E-state index in [0.29, 0.717) is 12.2 Å². The third-order valence-corrected chi connectivity index (χ3v) is 4.77. The zero-order valence-corrected chi connectivity index (χ0v) is 14.6. The van der Waals surface area contributed by atoms with Crippen LogP contribution < -0.4 is 0 Å². The Labute approximate surface area is 145 Å². The molecule has 0 saturated carbocycles. The molecule has 0 fully saturated rings. The molecule has 0 aliphatic rings. The largest absolute Gasteiger partial charge is 0.340 e. The Hall–Kier alpha value is -2.53. The van der Waals surface area contributed by atoms with Gasteiger partial charge < -0.3 is 4.90 Å². The number of rotatable bonds is 5. The molecule has 3 aromatic rings. The highest BCUT2D eigenvalue weighted by molar-refractivity contribution is 7.15.